The molecule has 0 fully saturated rings. The summed E-state index contributed by atoms with van der Waals surface area (Å²) in [5.41, 5.74) is 1.72. The molecule has 0 aromatic heterocycles. The molecule has 0 radical (unpaired) electrons. The minimum Gasteiger partial charge on any atom is -0.389 e. The number of allylic oxidation sites excluding steroid dienone is 2. The van der Waals surface area contributed by atoms with E-state index in [2.05, 4.69) is 33.6 Å². The molecule has 1 nitrogen and oxygen atoms in total. The molecule has 1 N–H and O–H groups in total. The summed E-state index contributed by atoms with van der Waals surface area (Å²) in [6.07, 6.45) is 7.34. The van der Waals surface area contributed by atoms with Crippen molar-refractivity contribution in [3.63, 3.8) is 0 Å². The lowest BCUT2D eigenvalue weighted by Crippen LogP contribution is -2.36. The molecule has 0 heterocycles. The highest BCUT2D eigenvalue weighted by molar-refractivity contribution is 4.97. The molecule has 0 saturated carbocycles. The van der Waals surface area contributed by atoms with Crippen molar-refractivity contribution < 1.29 is 5.11 Å². The van der Waals surface area contributed by atoms with Crippen LogP contribution in [0.5, 0.6) is 0 Å². The second-order valence-corrected chi connectivity index (χ2v) is 5.80. The zero-order valence-electron chi connectivity index (χ0n) is 12.5. The first-order valence-electron chi connectivity index (χ1n) is 6.94. The maximum atomic E-state index is 10.8. The van der Waals surface area contributed by atoms with Crippen molar-refractivity contribution in [3.05, 3.63) is 37.0 Å². The third kappa shape index (κ3) is 6.80. The number of aliphatic hydroxyl groups is 1. The molecule has 0 aliphatic heterocycles. The fourth-order valence-corrected chi connectivity index (χ4v) is 2.21. The summed E-state index contributed by atoms with van der Waals surface area (Å²) in [6, 6.07) is 0. The van der Waals surface area contributed by atoms with Gasteiger partial charge in [0.1, 0.15) is 0 Å². The Morgan fingerprint density at radius 1 is 1.22 bits per heavy atom. The summed E-state index contributed by atoms with van der Waals surface area (Å²) in [5.74, 6) is 0.286. The third-order valence-corrected chi connectivity index (χ3v) is 3.64. The van der Waals surface area contributed by atoms with E-state index in [0.29, 0.717) is 6.42 Å². The molecule has 0 spiro atoms. The van der Waals surface area contributed by atoms with Gasteiger partial charge in [0.05, 0.1) is 5.60 Å². The average Bonchev–Trinajstić information content (AvgIpc) is 2.26. The quantitative estimate of drug-likeness (QED) is 0.539. The fraction of sp³-hybridized carbons (Fsp3) is 0.647. The molecule has 0 bridgehead atoms. The van der Waals surface area contributed by atoms with Crippen LogP contribution in [0, 0.1) is 5.92 Å². The molecule has 104 valence electrons. The topological polar surface area (TPSA) is 20.2 Å². The first kappa shape index (κ1) is 17.2. The van der Waals surface area contributed by atoms with E-state index in [9.17, 15) is 5.11 Å². The van der Waals surface area contributed by atoms with E-state index in [-0.39, 0.29) is 5.92 Å². The molecule has 0 aromatic carbocycles. The van der Waals surface area contributed by atoms with Crippen LogP contribution in [-0.2, 0) is 0 Å². The summed E-state index contributed by atoms with van der Waals surface area (Å²) in [6.45, 7) is 17.8. The molecule has 18 heavy (non-hydrogen) atoms. The van der Waals surface area contributed by atoms with Gasteiger partial charge in [0.15, 0.2) is 0 Å². The summed E-state index contributed by atoms with van der Waals surface area (Å²) < 4.78 is 0. The van der Waals surface area contributed by atoms with Crippen molar-refractivity contribution in [1.29, 1.82) is 0 Å². The van der Waals surface area contributed by atoms with Crippen molar-refractivity contribution in [2.45, 2.75) is 64.9 Å². The SMILES string of the molecule is C=CCC(O)(CCC(=C)C)C(C)CCCC(=C)C. The highest BCUT2D eigenvalue weighted by Gasteiger charge is 2.31. The van der Waals surface area contributed by atoms with Gasteiger partial charge in [-0.2, -0.15) is 0 Å². The van der Waals surface area contributed by atoms with Gasteiger partial charge in [-0.05, 0) is 58.3 Å². The van der Waals surface area contributed by atoms with Crippen LogP contribution in [0.25, 0.3) is 0 Å². The lowest BCUT2D eigenvalue weighted by molar-refractivity contribution is -0.0203. The Hall–Kier alpha value is -0.820. The zero-order chi connectivity index (χ0) is 14.2. The van der Waals surface area contributed by atoms with E-state index in [1.54, 1.807) is 0 Å². The van der Waals surface area contributed by atoms with Gasteiger partial charge in [-0.3, -0.25) is 0 Å². The highest BCUT2D eigenvalue weighted by atomic mass is 16.3. The Bertz CT molecular complexity index is 290. The van der Waals surface area contributed by atoms with Crippen molar-refractivity contribution in [2.75, 3.05) is 0 Å². The molecule has 0 amide bonds. The molecular weight excluding hydrogens is 220 g/mol. The van der Waals surface area contributed by atoms with Crippen molar-refractivity contribution in [1.82, 2.24) is 0 Å². The van der Waals surface area contributed by atoms with Crippen molar-refractivity contribution >= 4 is 0 Å². The van der Waals surface area contributed by atoms with Crippen LogP contribution in [-0.4, -0.2) is 10.7 Å². The second-order valence-electron chi connectivity index (χ2n) is 5.80. The minimum absolute atomic E-state index is 0.286. The Morgan fingerprint density at radius 3 is 2.22 bits per heavy atom. The van der Waals surface area contributed by atoms with Crippen LogP contribution in [0.3, 0.4) is 0 Å². The predicted octanol–water partition coefficient (Wildman–Crippen LogP) is 5.03. The van der Waals surface area contributed by atoms with Crippen LogP contribution < -0.4 is 0 Å². The molecule has 1 heteroatoms. The van der Waals surface area contributed by atoms with Crippen LogP contribution in [0.2, 0.25) is 0 Å². The molecule has 2 atom stereocenters. The maximum Gasteiger partial charge on any atom is 0.0710 e. The lowest BCUT2D eigenvalue weighted by Gasteiger charge is -2.34. The largest absolute Gasteiger partial charge is 0.389 e. The highest BCUT2D eigenvalue weighted by Crippen LogP contribution is 2.32. The standard InChI is InChI=1S/C17H30O/c1-7-12-17(18,13-11-15(4)5)16(6)10-8-9-14(2)3/h7,16,18H,1-2,4,8-13H2,3,5-6H3. The smallest absolute Gasteiger partial charge is 0.0710 e. The summed E-state index contributed by atoms with van der Waals surface area (Å²) in [4.78, 5) is 0. The normalized spacial score (nSPS) is 15.8. The van der Waals surface area contributed by atoms with Crippen molar-refractivity contribution in [2.24, 2.45) is 5.92 Å². The first-order chi connectivity index (χ1) is 8.31. The van der Waals surface area contributed by atoms with Gasteiger partial charge in [0.2, 0.25) is 0 Å². The van der Waals surface area contributed by atoms with E-state index in [1.165, 1.54) is 5.57 Å². The monoisotopic (exact) mass is 250 g/mol. The molecular formula is C17H30O. The van der Waals surface area contributed by atoms with Crippen LogP contribution in [0.15, 0.2) is 37.0 Å². The third-order valence-electron chi connectivity index (χ3n) is 3.64. The van der Waals surface area contributed by atoms with Gasteiger partial charge in [0, 0.05) is 0 Å². The molecule has 0 rings (SSSR count). The Balaban J connectivity index is 4.39. The molecule has 0 aliphatic carbocycles. The molecule has 0 saturated heterocycles. The van der Waals surface area contributed by atoms with E-state index in [4.69, 9.17) is 0 Å². The van der Waals surface area contributed by atoms with Crippen LogP contribution in [0.1, 0.15) is 59.3 Å². The van der Waals surface area contributed by atoms with Gasteiger partial charge in [0.25, 0.3) is 0 Å². The van der Waals surface area contributed by atoms with E-state index >= 15 is 0 Å². The number of hydrogen-bond acceptors (Lipinski definition) is 1. The van der Waals surface area contributed by atoms with E-state index in [0.717, 1.165) is 37.7 Å². The Kier molecular flexibility index (Phi) is 7.93. The number of hydrogen-bond donors (Lipinski definition) is 1. The summed E-state index contributed by atoms with van der Waals surface area (Å²) in [5, 5.41) is 10.8. The first-order valence-corrected chi connectivity index (χ1v) is 6.94. The maximum absolute atomic E-state index is 10.8. The van der Waals surface area contributed by atoms with Gasteiger partial charge >= 0.3 is 0 Å². The molecule has 0 aromatic rings. The Labute approximate surface area is 113 Å². The molecule has 2 unspecified atom stereocenters. The minimum atomic E-state index is -0.629. The second kappa shape index (κ2) is 8.31. The Morgan fingerprint density at radius 2 is 1.78 bits per heavy atom. The van der Waals surface area contributed by atoms with Gasteiger partial charge in [-0.1, -0.05) is 24.1 Å². The zero-order valence-corrected chi connectivity index (χ0v) is 12.5. The van der Waals surface area contributed by atoms with Crippen LogP contribution in [0.4, 0.5) is 0 Å². The van der Waals surface area contributed by atoms with E-state index < -0.39 is 5.60 Å². The summed E-state index contributed by atoms with van der Waals surface area (Å²) >= 11 is 0. The van der Waals surface area contributed by atoms with Gasteiger partial charge in [-0.15, -0.1) is 19.7 Å². The van der Waals surface area contributed by atoms with Gasteiger partial charge < -0.3 is 5.11 Å². The van der Waals surface area contributed by atoms with E-state index in [1.807, 2.05) is 13.0 Å². The number of rotatable bonds is 10. The van der Waals surface area contributed by atoms with Crippen molar-refractivity contribution in [3.8, 4) is 0 Å². The van der Waals surface area contributed by atoms with Gasteiger partial charge in [-0.25, -0.2) is 0 Å². The predicted molar refractivity (Wildman–Crippen MR) is 81.6 cm³/mol. The van der Waals surface area contributed by atoms with Crippen LogP contribution >= 0.6 is 0 Å². The summed E-state index contributed by atoms with van der Waals surface area (Å²) in [7, 11) is 0. The lowest BCUT2D eigenvalue weighted by atomic mass is 9.78. The molecule has 0 aliphatic rings. The average molecular weight is 250 g/mol. The fourth-order valence-electron chi connectivity index (χ4n) is 2.21.